The van der Waals surface area contributed by atoms with Crippen LogP contribution in [0.25, 0.3) is 10.6 Å². The summed E-state index contributed by atoms with van der Waals surface area (Å²) in [6.45, 7) is 2.02. The number of carbonyl (C=O) groups is 1. The van der Waals surface area contributed by atoms with Crippen LogP contribution in [0, 0.1) is 0 Å². The van der Waals surface area contributed by atoms with Crippen LogP contribution in [-0.4, -0.2) is 35.4 Å². The third kappa shape index (κ3) is 3.92. The largest absolute Gasteiger partial charge is 0.394 e. The Kier molecular flexibility index (Phi) is 5.29. The summed E-state index contributed by atoms with van der Waals surface area (Å²) in [5, 5.41) is 8.84. The summed E-state index contributed by atoms with van der Waals surface area (Å²) >= 11 is 1.48. The molecule has 2 heterocycles. The Hall–Kier alpha value is -2.19. The van der Waals surface area contributed by atoms with Crippen molar-refractivity contribution >= 4 is 22.9 Å². The van der Waals surface area contributed by atoms with Crippen molar-refractivity contribution in [3.05, 3.63) is 33.9 Å². The molecule has 0 aliphatic rings. The summed E-state index contributed by atoms with van der Waals surface area (Å²) in [5.74, 6) is -0.318. The lowest BCUT2D eigenvalue weighted by molar-refractivity contribution is -0.122. The quantitative estimate of drug-likeness (QED) is 0.816. The summed E-state index contributed by atoms with van der Waals surface area (Å²) in [5.41, 5.74) is 5.89. The van der Waals surface area contributed by atoms with E-state index in [4.69, 9.17) is 10.5 Å². The molecule has 0 radical (unpaired) electrons. The zero-order valence-electron chi connectivity index (χ0n) is 12.4. The average Bonchev–Trinajstić information content (AvgIpc) is 2.97. The standard InChI is InChI=1S/C14H18N4O3S/c1-9(8-21-2)16-13(19)7-18-14(20)10(15)6-11(17-18)12-4-3-5-22-12/h3-6,9H,7-8,15H2,1-2H3,(H,16,19)/t9-/m1/s1. The lowest BCUT2D eigenvalue weighted by atomic mass is 10.3. The molecule has 118 valence electrons. The molecule has 8 heteroatoms. The number of amides is 1. The molecular formula is C14H18N4O3S. The normalized spacial score (nSPS) is 12.1. The van der Waals surface area contributed by atoms with Gasteiger partial charge in [0, 0.05) is 13.2 Å². The fourth-order valence-corrected chi connectivity index (χ4v) is 2.64. The van der Waals surface area contributed by atoms with Gasteiger partial charge in [0.05, 0.1) is 11.5 Å². The Balaban J connectivity index is 2.20. The highest BCUT2D eigenvalue weighted by Crippen LogP contribution is 2.22. The van der Waals surface area contributed by atoms with E-state index in [-0.39, 0.29) is 24.2 Å². The molecule has 0 saturated heterocycles. The second-order valence-corrected chi connectivity index (χ2v) is 5.80. The fourth-order valence-electron chi connectivity index (χ4n) is 1.96. The maximum Gasteiger partial charge on any atom is 0.290 e. The predicted octanol–water partition coefficient (Wildman–Crippen LogP) is 0.705. The summed E-state index contributed by atoms with van der Waals surface area (Å²) in [6.07, 6.45) is 0. The molecule has 7 nitrogen and oxygen atoms in total. The van der Waals surface area contributed by atoms with Crippen LogP contribution in [0.1, 0.15) is 6.92 Å². The summed E-state index contributed by atoms with van der Waals surface area (Å²) in [4.78, 5) is 24.8. The van der Waals surface area contributed by atoms with Gasteiger partial charge in [-0.3, -0.25) is 9.59 Å². The molecule has 2 rings (SSSR count). The number of thiophene rings is 1. The molecule has 3 N–H and O–H groups in total. The number of carbonyl (C=O) groups excluding carboxylic acids is 1. The first kappa shape index (κ1) is 16.2. The third-order valence-corrected chi connectivity index (χ3v) is 3.79. The second-order valence-electron chi connectivity index (χ2n) is 4.85. The van der Waals surface area contributed by atoms with Crippen LogP contribution in [0.4, 0.5) is 5.69 Å². The number of nitrogen functional groups attached to an aromatic ring is 1. The van der Waals surface area contributed by atoms with Crippen LogP contribution < -0.4 is 16.6 Å². The van der Waals surface area contributed by atoms with Crippen LogP contribution in [0.5, 0.6) is 0 Å². The first-order chi connectivity index (χ1) is 10.5. The van der Waals surface area contributed by atoms with E-state index >= 15 is 0 Å². The lowest BCUT2D eigenvalue weighted by Gasteiger charge is -2.13. The number of nitrogens with one attached hydrogen (secondary N) is 1. The summed E-state index contributed by atoms with van der Waals surface area (Å²) in [6, 6.07) is 5.14. The molecule has 1 atom stereocenters. The van der Waals surface area contributed by atoms with E-state index in [2.05, 4.69) is 10.4 Å². The van der Waals surface area contributed by atoms with E-state index in [1.54, 1.807) is 7.11 Å². The van der Waals surface area contributed by atoms with Crippen molar-refractivity contribution in [3.63, 3.8) is 0 Å². The number of rotatable bonds is 6. The molecule has 0 bridgehead atoms. The molecule has 2 aromatic heterocycles. The number of methoxy groups -OCH3 is 1. The fraction of sp³-hybridized carbons (Fsp3) is 0.357. The molecule has 0 spiro atoms. The van der Waals surface area contributed by atoms with Crippen molar-refractivity contribution < 1.29 is 9.53 Å². The van der Waals surface area contributed by atoms with Gasteiger partial charge in [-0.25, -0.2) is 4.68 Å². The SMILES string of the molecule is COC[C@@H](C)NC(=O)Cn1nc(-c2cccs2)cc(N)c1=O. The Morgan fingerprint density at radius 2 is 2.36 bits per heavy atom. The number of ether oxygens (including phenoxy) is 1. The Bertz CT molecular complexity index is 697. The predicted molar refractivity (Wildman–Crippen MR) is 85.7 cm³/mol. The van der Waals surface area contributed by atoms with Crippen molar-refractivity contribution in [2.45, 2.75) is 19.5 Å². The summed E-state index contributed by atoms with van der Waals surface area (Å²) < 4.78 is 6.03. The van der Waals surface area contributed by atoms with Gasteiger partial charge in [-0.05, 0) is 24.4 Å². The van der Waals surface area contributed by atoms with Gasteiger partial charge in [0.1, 0.15) is 17.9 Å². The van der Waals surface area contributed by atoms with E-state index in [0.29, 0.717) is 12.3 Å². The minimum absolute atomic E-state index is 0.0659. The minimum Gasteiger partial charge on any atom is -0.394 e. The van der Waals surface area contributed by atoms with Crippen molar-refractivity contribution in [2.24, 2.45) is 0 Å². The summed E-state index contributed by atoms with van der Waals surface area (Å²) in [7, 11) is 1.56. The number of hydrogen-bond acceptors (Lipinski definition) is 6. The second kappa shape index (κ2) is 7.19. The minimum atomic E-state index is -0.477. The number of hydrogen-bond donors (Lipinski definition) is 2. The van der Waals surface area contributed by atoms with Crippen molar-refractivity contribution in [3.8, 4) is 10.6 Å². The van der Waals surface area contributed by atoms with Gasteiger partial charge in [0.2, 0.25) is 5.91 Å². The van der Waals surface area contributed by atoms with Crippen molar-refractivity contribution in [1.82, 2.24) is 15.1 Å². The van der Waals surface area contributed by atoms with Gasteiger partial charge in [-0.15, -0.1) is 11.3 Å². The molecule has 2 aromatic rings. The first-order valence-corrected chi connectivity index (χ1v) is 7.59. The molecule has 0 saturated carbocycles. The van der Waals surface area contributed by atoms with E-state index < -0.39 is 5.56 Å². The van der Waals surface area contributed by atoms with Gasteiger partial charge in [-0.1, -0.05) is 6.07 Å². The van der Waals surface area contributed by atoms with Gasteiger partial charge < -0.3 is 15.8 Å². The molecule has 0 aromatic carbocycles. The van der Waals surface area contributed by atoms with Crippen LogP contribution in [-0.2, 0) is 16.1 Å². The van der Waals surface area contributed by atoms with Gasteiger partial charge in [-0.2, -0.15) is 5.10 Å². The zero-order valence-corrected chi connectivity index (χ0v) is 13.2. The van der Waals surface area contributed by atoms with Gasteiger partial charge in [0.25, 0.3) is 5.56 Å². The number of nitrogens with two attached hydrogens (primary N) is 1. The molecule has 0 aliphatic carbocycles. The van der Waals surface area contributed by atoms with E-state index in [1.165, 1.54) is 17.4 Å². The number of anilines is 1. The van der Waals surface area contributed by atoms with Gasteiger partial charge in [0.15, 0.2) is 0 Å². The maximum atomic E-state index is 12.0. The van der Waals surface area contributed by atoms with Crippen molar-refractivity contribution in [1.29, 1.82) is 0 Å². The highest BCUT2D eigenvalue weighted by Gasteiger charge is 2.13. The smallest absolute Gasteiger partial charge is 0.290 e. The lowest BCUT2D eigenvalue weighted by Crippen LogP contribution is -2.40. The van der Waals surface area contributed by atoms with Crippen LogP contribution in [0.3, 0.4) is 0 Å². The topological polar surface area (TPSA) is 99.2 Å². The molecule has 22 heavy (non-hydrogen) atoms. The van der Waals surface area contributed by atoms with Crippen LogP contribution in [0.2, 0.25) is 0 Å². The molecule has 0 fully saturated rings. The highest BCUT2D eigenvalue weighted by atomic mass is 32.1. The van der Waals surface area contributed by atoms with E-state index in [9.17, 15) is 9.59 Å². The Labute approximate surface area is 131 Å². The zero-order chi connectivity index (χ0) is 16.1. The first-order valence-electron chi connectivity index (χ1n) is 6.71. The third-order valence-electron chi connectivity index (χ3n) is 2.89. The Morgan fingerprint density at radius 3 is 3.00 bits per heavy atom. The monoisotopic (exact) mass is 322 g/mol. The van der Waals surface area contributed by atoms with E-state index in [1.807, 2.05) is 24.4 Å². The Morgan fingerprint density at radius 1 is 1.59 bits per heavy atom. The maximum absolute atomic E-state index is 12.0. The van der Waals surface area contributed by atoms with Crippen LogP contribution >= 0.6 is 11.3 Å². The number of aromatic nitrogens is 2. The van der Waals surface area contributed by atoms with E-state index in [0.717, 1.165) is 9.56 Å². The van der Waals surface area contributed by atoms with Crippen LogP contribution in [0.15, 0.2) is 28.4 Å². The average molecular weight is 322 g/mol. The molecule has 1 amide bonds. The van der Waals surface area contributed by atoms with Gasteiger partial charge >= 0.3 is 0 Å². The molecule has 0 aliphatic heterocycles. The molecular weight excluding hydrogens is 304 g/mol. The number of nitrogens with zero attached hydrogens (tertiary/aromatic N) is 2. The highest BCUT2D eigenvalue weighted by molar-refractivity contribution is 7.13. The van der Waals surface area contributed by atoms with Crippen molar-refractivity contribution in [2.75, 3.05) is 19.5 Å². The molecule has 0 unspecified atom stereocenters.